The first-order valence-electron chi connectivity index (χ1n) is 9.70. The molecule has 0 aliphatic carbocycles. The Kier molecular flexibility index (Phi) is 7.67. The van der Waals surface area contributed by atoms with Gasteiger partial charge in [0.1, 0.15) is 17.4 Å². The van der Waals surface area contributed by atoms with Crippen LogP contribution >= 0.6 is 22.9 Å². The van der Waals surface area contributed by atoms with Crippen molar-refractivity contribution >= 4 is 28.8 Å². The van der Waals surface area contributed by atoms with Gasteiger partial charge in [0.15, 0.2) is 0 Å². The van der Waals surface area contributed by atoms with E-state index >= 15 is 0 Å². The summed E-state index contributed by atoms with van der Waals surface area (Å²) in [5.41, 5.74) is 1.92. The predicted molar refractivity (Wildman–Crippen MR) is 118 cm³/mol. The lowest BCUT2D eigenvalue weighted by Gasteiger charge is -2.28. The van der Waals surface area contributed by atoms with Gasteiger partial charge < -0.3 is 9.64 Å². The van der Waals surface area contributed by atoms with Crippen LogP contribution in [-0.2, 0) is 24.4 Å². The van der Waals surface area contributed by atoms with E-state index in [1.807, 2.05) is 40.6 Å². The number of carbonyl (C=O) groups is 1. The van der Waals surface area contributed by atoms with Crippen LogP contribution in [-0.4, -0.2) is 21.8 Å². The van der Waals surface area contributed by atoms with Gasteiger partial charge in [-0.3, -0.25) is 4.79 Å². The Hall–Kier alpha value is -2.37. The summed E-state index contributed by atoms with van der Waals surface area (Å²) in [5.74, 6) is 0.840. The molecule has 0 aliphatic rings. The minimum atomic E-state index is 0.0960. The largest absolute Gasteiger partial charge is 0.486 e. The summed E-state index contributed by atoms with van der Waals surface area (Å²) >= 11 is 7.40. The summed E-state index contributed by atoms with van der Waals surface area (Å²) in [5, 5.41) is 3.46. The standard InChI is InChI=1S/C23H25ClN2O2S/c1-3-17(2)26(14-18-7-5-4-6-8-18)23(27)13-20-16-29-22(25-20)15-28-21-11-9-19(24)10-12-21/h4-12,16-17H,3,13-15H2,1-2H3. The molecule has 29 heavy (non-hydrogen) atoms. The lowest BCUT2D eigenvalue weighted by atomic mass is 10.1. The number of ether oxygens (including phenoxy) is 1. The van der Waals surface area contributed by atoms with Crippen LogP contribution in [0.3, 0.4) is 0 Å². The summed E-state index contributed by atoms with van der Waals surface area (Å²) in [6.45, 7) is 5.18. The van der Waals surface area contributed by atoms with Crippen molar-refractivity contribution in [3.05, 3.63) is 81.3 Å². The van der Waals surface area contributed by atoms with Crippen LogP contribution in [0.1, 0.15) is 36.5 Å². The molecule has 6 heteroatoms. The fraction of sp³-hybridized carbons (Fsp3) is 0.304. The van der Waals surface area contributed by atoms with E-state index in [0.29, 0.717) is 24.6 Å². The van der Waals surface area contributed by atoms with Gasteiger partial charge in [-0.1, -0.05) is 48.9 Å². The second kappa shape index (κ2) is 10.4. The van der Waals surface area contributed by atoms with Gasteiger partial charge in [0.2, 0.25) is 5.91 Å². The van der Waals surface area contributed by atoms with Crippen molar-refractivity contribution in [2.45, 2.75) is 45.9 Å². The van der Waals surface area contributed by atoms with Gasteiger partial charge in [0.05, 0.1) is 12.1 Å². The highest BCUT2D eigenvalue weighted by Gasteiger charge is 2.20. The van der Waals surface area contributed by atoms with Crippen LogP contribution in [0.15, 0.2) is 60.0 Å². The highest BCUT2D eigenvalue weighted by Crippen LogP contribution is 2.19. The maximum atomic E-state index is 13.0. The molecule has 1 amide bonds. The topological polar surface area (TPSA) is 42.4 Å². The molecule has 4 nitrogen and oxygen atoms in total. The van der Waals surface area contributed by atoms with Crippen molar-refractivity contribution in [2.75, 3.05) is 0 Å². The van der Waals surface area contributed by atoms with E-state index in [2.05, 4.69) is 31.0 Å². The Morgan fingerprint density at radius 3 is 2.59 bits per heavy atom. The minimum absolute atomic E-state index is 0.0960. The zero-order valence-corrected chi connectivity index (χ0v) is 18.2. The quantitative estimate of drug-likeness (QED) is 0.436. The third-order valence-corrected chi connectivity index (χ3v) is 5.87. The van der Waals surface area contributed by atoms with Crippen LogP contribution in [0, 0.1) is 0 Å². The zero-order valence-electron chi connectivity index (χ0n) is 16.7. The smallest absolute Gasteiger partial charge is 0.229 e. The van der Waals surface area contributed by atoms with Gasteiger partial charge >= 0.3 is 0 Å². The molecular formula is C23H25ClN2O2S. The van der Waals surface area contributed by atoms with Crippen LogP contribution in [0.5, 0.6) is 5.75 Å². The molecule has 0 N–H and O–H groups in total. The highest BCUT2D eigenvalue weighted by molar-refractivity contribution is 7.09. The lowest BCUT2D eigenvalue weighted by Crippen LogP contribution is -2.38. The first kappa shape index (κ1) is 21.3. The van der Waals surface area contributed by atoms with Crippen LogP contribution in [0.2, 0.25) is 5.02 Å². The van der Waals surface area contributed by atoms with Gasteiger partial charge in [0.25, 0.3) is 0 Å². The normalized spacial score (nSPS) is 11.8. The number of nitrogens with zero attached hydrogens (tertiary/aromatic N) is 2. The Labute approximate surface area is 181 Å². The molecule has 152 valence electrons. The summed E-state index contributed by atoms with van der Waals surface area (Å²) < 4.78 is 5.74. The first-order chi connectivity index (χ1) is 14.0. The molecule has 0 bridgehead atoms. The Morgan fingerprint density at radius 1 is 1.17 bits per heavy atom. The molecule has 0 saturated carbocycles. The monoisotopic (exact) mass is 428 g/mol. The Balaban J connectivity index is 1.60. The Morgan fingerprint density at radius 2 is 1.90 bits per heavy atom. The number of benzene rings is 2. The molecule has 3 aromatic rings. The van der Waals surface area contributed by atoms with Crippen molar-refractivity contribution in [3.8, 4) is 5.75 Å². The number of hydrogen-bond donors (Lipinski definition) is 0. The molecule has 2 aromatic carbocycles. The van der Waals surface area contributed by atoms with Crippen molar-refractivity contribution < 1.29 is 9.53 Å². The zero-order chi connectivity index (χ0) is 20.6. The molecule has 3 rings (SSSR count). The first-order valence-corrected chi connectivity index (χ1v) is 11.0. The Bertz CT molecular complexity index is 912. The van der Waals surface area contributed by atoms with E-state index in [1.54, 1.807) is 12.1 Å². The molecule has 1 atom stereocenters. The molecule has 0 fully saturated rings. The summed E-state index contributed by atoms with van der Waals surface area (Å²) in [7, 11) is 0. The fourth-order valence-electron chi connectivity index (χ4n) is 2.92. The summed E-state index contributed by atoms with van der Waals surface area (Å²) in [4.78, 5) is 19.5. The van der Waals surface area contributed by atoms with Crippen molar-refractivity contribution in [3.63, 3.8) is 0 Å². The third kappa shape index (κ3) is 6.31. The van der Waals surface area contributed by atoms with Crippen molar-refractivity contribution in [2.24, 2.45) is 0 Å². The molecule has 1 unspecified atom stereocenters. The van der Waals surface area contributed by atoms with Crippen LogP contribution in [0.4, 0.5) is 0 Å². The van der Waals surface area contributed by atoms with Gasteiger partial charge in [-0.25, -0.2) is 4.98 Å². The van der Waals surface area contributed by atoms with E-state index in [-0.39, 0.29) is 11.9 Å². The second-order valence-electron chi connectivity index (χ2n) is 6.92. The van der Waals surface area contributed by atoms with E-state index in [4.69, 9.17) is 16.3 Å². The van der Waals surface area contributed by atoms with E-state index in [9.17, 15) is 4.79 Å². The molecule has 0 saturated heterocycles. The number of aromatic nitrogens is 1. The number of rotatable bonds is 9. The van der Waals surface area contributed by atoms with Gasteiger partial charge in [0, 0.05) is 23.0 Å². The number of hydrogen-bond acceptors (Lipinski definition) is 4. The average Bonchev–Trinajstić information content (AvgIpc) is 3.19. The number of thiazole rings is 1. The van der Waals surface area contributed by atoms with Gasteiger partial charge in [-0.15, -0.1) is 11.3 Å². The maximum Gasteiger partial charge on any atom is 0.229 e. The van der Waals surface area contributed by atoms with Crippen molar-refractivity contribution in [1.82, 2.24) is 9.88 Å². The molecule has 1 aromatic heterocycles. The molecule has 0 aliphatic heterocycles. The second-order valence-corrected chi connectivity index (χ2v) is 8.30. The van der Waals surface area contributed by atoms with E-state index in [0.717, 1.165) is 28.4 Å². The lowest BCUT2D eigenvalue weighted by molar-refractivity contribution is -0.133. The average molecular weight is 429 g/mol. The molecule has 0 radical (unpaired) electrons. The van der Waals surface area contributed by atoms with Gasteiger partial charge in [-0.2, -0.15) is 0 Å². The molecular weight excluding hydrogens is 404 g/mol. The maximum absolute atomic E-state index is 13.0. The highest BCUT2D eigenvalue weighted by atomic mass is 35.5. The molecule has 0 spiro atoms. The van der Waals surface area contributed by atoms with E-state index < -0.39 is 0 Å². The van der Waals surface area contributed by atoms with Crippen LogP contribution in [0.25, 0.3) is 0 Å². The molecule has 1 heterocycles. The minimum Gasteiger partial charge on any atom is -0.486 e. The third-order valence-electron chi connectivity index (χ3n) is 4.75. The van der Waals surface area contributed by atoms with Gasteiger partial charge in [-0.05, 0) is 43.2 Å². The van der Waals surface area contributed by atoms with Crippen molar-refractivity contribution in [1.29, 1.82) is 0 Å². The number of halogens is 1. The van der Waals surface area contributed by atoms with E-state index in [1.165, 1.54) is 11.3 Å². The summed E-state index contributed by atoms with van der Waals surface area (Å²) in [6, 6.07) is 17.5. The number of carbonyl (C=O) groups excluding carboxylic acids is 1. The van der Waals surface area contributed by atoms with Crippen LogP contribution < -0.4 is 4.74 Å². The number of amides is 1. The predicted octanol–water partition coefficient (Wildman–Crippen LogP) is 5.75. The SMILES string of the molecule is CCC(C)N(Cc1ccccc1)C(=O)Cc1csc(COc2ccc(Cl)cc2)n1. The summed E-state index contributed by atoms with van der Waals surface area (Å²) in [6.07, 6.45) is 1.21. The fourth-order valence-corrected chi connectivity index (χ4v) is 3.75.